The van der Waals surface area contributed by atoms with E-state index in [1.807, 2.05) is 0 Å². The summed E-state index contributed by atoms with van der Waals surface area (Å²) in [5, 5.41) is 20.2. The molecule has 1 unspecified atom stereocenters. The van der Waals surface area contributed by atoms with Crippen molar-refractivity contribution in [3.05, 3.63) is 36.4 Å². The fraction of sp³-hybridized carbons (Fsp3) is 0.250. The fourth-order valence-electron chi connectivity index (χ4n) is 1.69. The van der Waals surface area contributed by atoms with Gasteiger partial charge in [0.2, 0.25) is 5.91 Å². The lowest BCUT2D eigenvalue weighted by molar-refractivity contribution is -0.248. The summed E-state index contributed by atoms with van der Waals surface area (Å²) in [6.45, 7) is 3.12. The van der Waals surface area contributed by atoms with E-state index in [0.29, 0.717) is 12.1 Å². The lowest BCUT2D eigenvalue weighted by Gasteiger charge is -2.25. The SMILES string of the molecule is C=CC(=O)Nc1ccc(C(F)(F)C(F)C(F)(F)F)c(B(O)O)c1. The highest BCUT2D eigenvalue weighted by Gasteiger charge is 2.58. The van der Waals surface area contributed by atoms with Gasteiger partial charge < -0.3 is 15.4 Å². The van der Waals surface area contributed by atoms with E-state index < -0.39 is 42.3 Å². The maximum atomic E-state index is 13.7. The first-order valence-electron chi connectivity index (χ1n) is 5.93. The second kappa shape index (κ2) is 6.63. The molecule has 1 aromatic carbocycles. The van der Waals surface area contributed by atoms with Gasteiger partial charge in [0, 0.05) is 11.3 Å². The molecule has 0 aliphatic carbocycles. The molecule has 1 rings (SSSR count). The minimum absolute atomic E-state index is 0.222. The molecule has 0 aliphatic heterocycles. The van der Waals surface area contributed by atoms with Gasteiger partial charge in [-0.2, -0.15) is 22.0 Å². The predicted molar refractivity (Wildman–Crippen MR) is 69.9 cm³/mol. The monoisotopic (exact) mass is 341 g/mol. The van der Waals surface area contributed by atoms with Crippen LogP contribution in [-0.2, 0) is 10.7 Å². The van der Waals surface area contributed by atoms with Gasteiger partial charge in [-0.05, 0) is 23.7 Å². The number of halogens is 6. The number of hydrogen-bond donors (Lipinski definition) is 3. The number of carbonyl (C=O) groups excluding carboxylic acids is 1. The van der Waals surface area contributed by atoms with Crippen molar-refractivity contribution < 1.29 is 41.2 Å². The normalized spacial score (nSPS) is 13.4. The summed E-state index contributed by atoms with van der Waals surface area (Å²) in [5.74, 6) is -5.83. The van der Waals surface area contributed by atoms with E-state index in [1.165, 1.54) is 0 Å². The van der Waals surface area contributed by atoms with Crippen LogP contribution in [0, 0.1) is 0 Å². The minimum atomic E-state index is -5.85. The van der Waals surface area contributed by atoms with Crippen LogP contribution >= 0.6 is 0 Å². The van der Waals surface area contributed by atoms with E-state index in [2.05, 4.69) is 11.9 Å². The molecule has 126 valence electrons. The van der Waals surface area contributed by atoms with E-state index in [0.717, 1.165) is 12.1 Å². The molecule has 0 heterocycles. The fourth-order valence-corrected chi connectivity index (χ4v) is 1.69. The number of hydrogen-bond acceptors (Lipinski definition) is 3. The molecule has 23 heavy (non-hydrogen) atoms. The van der Waals surface area contributed by atoms with E-state index in [-0.39, 0.29) is 5.69 Å². The molecule has 1 aromatic rings. The van der Waals surface area contributed by atoms with E-state index >= 15 is 0 Å². The van der Waals surface area contributed by atoms with Gasteiger partial charge in [-0.1, -0.05) is 12.6 Å². The summed E-state index contributed by atoms with van der Waals surface area (Å²) in [7, 11) is -2.61. The molecule has 3 N–H and O–H groups in total. The van der Waals surface area contributed by atoms with E-state index in [4.69, 9.17) is 10.0 Å². The van der Waals surface area contributed by atoms with Crippen LogP contribution < -0.4 is 10.8 Å². The van der Waals surface area contributed by atoms with Crippen molar-refractivity contribution in [1.29, 1.82) is 0 Å². The van der Waals surface area contributed by atoms with Crippen LogP contribution in [0.4, 0.5) is 32.0 Å². The standard InChI is InChI=1S/C12H10BF6NO3/c1-2-9(21)20-6-3-4-7(8(5-6)13(22)23)11(15,16)10(14)12(17,18)19/h2-5,10,22-23H,1H2,(H,20,21). The molecule has 0 spiro atoms. The molecule has 0 aliphatic rings. The van der Waals surface area contributed by atoms with Gasteiger partial charge >= 0.3 is 19.2 Å². The smallest absolute Gasteiger partial charge is 0.423 e. The van der Waals surface area contributed by atoms with Crippen LogP contribution in [0.5, 0.6) is 0 Å². The molecule has 0 bridgehead atoms. The van der Waals surface area contributed by atoms with Crippen LogP contribution in [0.15, 0.2) is 30.9 Å². The molecule has 0 saturated carbocycles. The van der Waals surface area contributed by atoms with Crippen LogP contribution in [0.25, 0.3) is 0 Å². The van der Waals surface area contributed by atoms with Crippen molar-refractivity contribution in [3.63, 3.8) is 0 Å². The Hall–Kier alpha value is -2.01. The van der Waals surface area contributed by atoms with Crippen molar-refractivity contribution in [2.75, 3.05) is 5.32 Å². The first-order valence-corrected chi connectivity index (χ1v) is 5.93. The largest absolute Gasteiger partial charge is 0.489 e. The number of rotatable bonds is 5. The van der Waals surface area contributed by atoms with Gasteiger partial charge in [-0.3, -0.25) is 4.79 Å². The average Bonchev–Trinajstić information content (AvgIpc) is 2.44. The Labute approximate surface area is 126 Å². The first-order chi connectivity index (χ1) is 10.4. The zero-order chi connectivity index (χ0) is 18.0. The summed E-state index contributed by atoms with van der Waals surface area (Å²) in [5.41, 5.74) is -2.86. The van der Waals surface area contributed by atoms with Gasteiger partial charge in [0.1, 0.15) is 0 Å². The molecule has 0 saturated heterocycles. The van der Waals surface area contributed by atoms with Crippen LogP contribution in [-0.4, -0.2) is 35.4 Å². The molecule has 0 radical (unpaired) electrons. The predicted octanol–water partition coefficient (Wildman–Crippen LogP) is 1.48. The summed E-state index contributed by atoms with van der Waals surface area (Å²) < 4.78 is 77.1. The second-order valence-corrected chi connectivity index (χ2v) is 4.40. The molecule has 1 amide bonds. The molecule has 0 fully saturated rings. The Kier molecular flexibility index (Phi) is 5.49. The zero-order valence-electron chi connectivity index (χ0n) is 11.2. The topological polar surface area (TPSA) is 69.6 Å². The maximum absolute atomic E-state index is 13.7. The van der Waals surface area contributed by atoms with E-state index in [1.54, 1.807) is 0 Å². The molecular weight excluding hydrogens is 331 g/mol. The second-order valence-electron chi connectivity index (χ2n) is 4.40. The molecule has 0 aromatic heterocycles. The Morgan fingerprint density at radius 3 is 2.26 bits per heavy atom. The van der Waals surface area contributed by atoms with Crippen molar-refractivity contribution in [2.24, 2.45) is 0 Å². The number of carbonyl (C=O) groups is 1. The highest BCUT2D eigenvalue weighted by atomic mass is 19.4. The van der Waals surface area contributed by atoms with Crippen molar-refractivity contribution in [3.8, 4) is 0 Å². The quantitative estimate of drug-likeness (QED) is 0.432. The molecule has 4 nitrogen and oxygen atoms in total. The number of nitrogens with one attached hydrogen (secondary N) is 1. The lowest BCUT2D eigenvalue weighted by atomic mass is 9.74. The van der Waals surface area contributed by atoms with Crippen molar-refractivity contribution >= 4 is 24.2 Å². The van der Waals surface area contributed by atoms with Gasteiger partial charge in [-0.25, -0.2) is 4.39 Å². The average molecular weight is 341 g/mol. The van der Waals surface area contributed by atoms with E-state index in [9.17, 15) is 31.1 Å². The molecule has 1 atom stereocenters. The van der Waals surface area contributed by atoms with Gasteiger partial charge in [0.25, 0.3) is 6.17 Å². The first kappa shape index (κ1) is 19.0. The zero-order valence-corrected chi connectivity index (χ0v) is 11.2. The van der Waals surface area contributed by atoms with Crippen LogP contribution in [0.1, 0.15) is 5.56 Å². The molecule has 11 heteroatoms. The Morgan fingerprint density at radius 1 is 1.26 bits per heavy atom. The summed E-state index contributed by atoms with van der Waals surface area (Å²) in [6, 6.07) is 1.73. The Balaban J connectivity index is 3.36. The summed E-state index contributed by atoms with van der Waals surface area (Å²) in [4.78, 5) is 11.1. The highest BCUT2D eigenvalue weighted by molar-refractivity contribution is 6.59. The number of amides is 1. The Bertz CT molecular complexity index is 605. The molecular formula is C12H10BF6NO3. The summed E-state index contributed by atoms with van der Waals surface area (Å²) >= 11 is 0. The highest BCUT2D eigenvalue weighted by Crippen LogP contribution is 2.41. The van der Waals surface area contributed by atoms with Crippen LogP contribution in [0.2, 0.25) is 0 Å². The van der Waals surface area contributed by atoms with Gasteiger partial charge in [0.15, 0.2) is 0 Å². The van der Waals surface area contributed by atoms with Crippen molar-refractivity contribution in [1.82, 2.24) is 0 Å². The Morgan fingerprint density at radius 2 is 1.83 bits per heavy atom. The lowest BCUT2D eigenvalue weighted by Crippen LogP contribution is -2.45. The van der Waals surface area contributed by atoms with Crippen LogP contribution in [0.3, 0.4) is 0 Å². The van der Waals surface area contributed by atoms with Crippen molar-refractivity contribution in [2.45, 2.75) is 18.3 Å². The number of alkyl halides is 6. The van der Waals surface area contributed by atoms with Gasteiger partial charge in [0.05, 0.1) is 0 Å². The number of benzene rings is 1. The number of anilines is 1. The third-order valence-electron chi connectivity index (χ3n) is 2.75. The third kappa shape index (κ3) is 4.26. The minimum Gasteiger partial charge on any atom is -0.423 e. The third-order valence-corrected chi connectivity index (χ3v) is 2.75. The maximum Gasteiger partial charge on any atom is 0.489 e. The van der Waals surface area contributed by atoms with Gasteiger partial charge in [-0.15, -0.1) is 0 Å². The summed E-state index contributed by atoms with van der Waals surface area (Å²) in [6.07, 6.45) is -9.57.